The average molecular weight is 134 g/mol. The van der Waals surface area contributed by atoms with Crippen LogP contribution in [0.1, 0.15) is 61.8 Å². The third-order valence-corrected chi connectivity index (χ3v) is 0.500. The Balaban J connectivity index is -0.0000000233. The Kier molecular flexibility index (Phi) is 112. The largest absolute Gasteiger partial charge is 0.0776 e. The summed E-state index contributed by atoms with van der Waals surface area (Å²) >= 11 is 0. The molecule has 0 fully saturated rings. The van der Waals surface area contributed by atoms with Crippen LogP contribution in [-0.4, -0.2) is 0 Å². The highest BCUT2D eigenvalue weighted by Crippen LogP contribution is 1.76. The third-order valence-electron chi connectivity index (χ3n) is 0.500. The van der Waals surface area contributed by atoms with E-state index in [0.29, 0.717) is 0 Å². The summed E-state index contributed by atoms with van der Waals surface area (Å²) in [5, 5.41) is 0. The molecule has 0 saturated heterocycles. The van der Waals surface area contributed by atoms with Gasteiger partial charge in [-0.05, 0) is 0 Å². The molecule has 9 heavy (non-hydrogen) atoms. The SMILES string of the molecule is C.C.CCC.CCCC. The standard InChI is InChI=1S/C4H10.C3H8.2CH4/c1-3-4-2;1-3-2;;/h3-4H2,1-2H3;3H2,1-2H3;2*1H4. The van der Waals surface area contributed by atoms with E-state index in [1.165, 1.54) is 19.3 Å². The molecule has 0 N–H and O–H groups in total. The van der Waals surface area contributed by atoms with E-state index < -0.39 is 0 Å². The minimum Gasteiger partial charge on any atom is -0.0776 e. The Morgan fingerprint density at radius 3 is 0.778 bits per heavy atom. The van der Waals surface area contributed by atoms with E-state index >= 15 is 0 Å². The topological polar surface area (TPSA) is 0 Å². The van der Waals surface area contributed by atoms with Crippen LogP contribution in [0.25, 0.3) is 0 Å². The van der Waals surface area contributed by atoms with Gasteiger partial charge in [-0.15, -0.1) is 0 Å². The Bertz CT molecular complexity index is 7.51. The fourth-order valence-electron chi connectivity index (χ4n) is 0. The molecule has 62 valence electrons. The molecule has 0 aliphatic heterocycles. The summed E-state index contributed by atoms with van der Waals surface area (Å²) in [5.74, 6) is 0. The van der Waals surface area contributed by atoms with Gasteiger partial charge in [-0.25, -0.2) is 0 Å². The average Bonchev–Trinajstić information content (AvgIpc) is 1.69. The minimum atomic E-state index is 0. The van der Waals surface area contributed by atoms with E-state index in [2.05, 4.69) is 27.7 Å². The van der Waals surface area contributed by atoms with Crippen LogP contribution in [0.15, 0.2) is 0 Å². The highest BCUT2D eigenvalue weighted by molar-refractivity contribution is 4.12. The molecule has 0 aromatic heterocycles. The zero-order chi connectivity index (χ0) is 6.12. The van der Waals surface area contributed by atoms with Gasteiger partial charge in [0.15, 0.2) is 0 Å². The van der Waals surface area contributed by atoms with Crippen LogP contribution in [0.2, 0.25) is 0 Å². The second kappa shape index (κ2) is 43.6. The first-order valence-corrected chi connectivity index (χ1v) is 3.33. The van der Waals surface area contributed by atoms with Crippen LogP contribution in [-0.2, 0) is 0 Å². The normalized spacial score (nSPS) is 5.33. The monoisotopic (exact) mass is 134 g/mol. The predicted molar refractivity (Wildman–Crippen MR) is 50.0 cm³/mol. The van der Waals surface area contributed by atoms with Gasteiger partial charge < -0.3 is 0 Å². The molecule has 0 bridgehead atoms. The molecule has 0 aliphatic rings. The lowest BCUT2D eigenvalue weighted by Crippen LogP contribution is -1.47. The quantitative estimate of drug-likeness (QED) is 0.495. The van der Waals surface area contributed by atoms with Gasteiger partial charge in [-0.3, -0.25) is 0 Å². The first-order chi connectivity index (χ1) is 3.33. The van der Waals surface area contributed by atoms with Gasteiger partial charge in [-0.1, -0.05) is 61.8 Å². The van der Waals surface area contributed by atoms with Crippen molar-refractivity contribution in [2.24, 2.45) is 0 Å². The third kappa shape index (κ3) is 288. The van der Waals surface area contributed by atoms with Crippen LogP contribution < -0.4 is 0 Å². The van der Waals surface area contributed by atoms with Crippen LogP contribution in [0.5, 0.6) is 0 Å². The molecule has 0 heteroatoms. The molecule has 0 unspecified atom stereocenters. The van der Waals surface area contributed by atoms with Crippen molar-refractivity contribution in [2.75, 3.05) is 0 Å². The van der Waals surface area contributed by atoms with E-state index in [1.807, 2.05) is 0 Å². The molecule has 0 rings (SSSR count). The fraction of sp³-hybridized carbons (Fsp3) is 1.00. The first kappa shape index (κ1) is 23.0. The molecule has 0 saturated carbocycles. The van der Waals surface area contributed by atoms with Crippen molar-refractivity contribution in [3.63, 3.8) is 0 Å². The van der Waals surface area contributed by atoms with Gasteiger partial charge in [0.05, 0.1) is 0 Å². The molecule has 0 aromatic carbocycles. The molecule has 0 amide bonds. The van der Waals surface area contributed by atoms with E-state index in [4.69, 9.17) is 0 Å². The van der Waals surface area contributed by atoms with Crippen LogP contribution in [0, 0.1) is 0 Å². The van der Waals surface area contributed by atoms with Gasteiger partial charge in [0, 0.05) is 0 Å². The van der Waals surface area contributed by atoms with Crippen molar-refractivity contribution < 1.29 is 0 Å². The van der Waals surface area contributed by atoms with E-state index in [1.54, 1.807) is 0 Å². The summed E-state index contributed by atoms with van der Waals surface area (Å²) in [5.41, 5.74) is 0. The van der Waals surface area contributed by atoms with Crippen LogP contribution >= 0.6 is 0 Å². The molecule has 0 nitrogen and oxygen atoms in total. The van der Waals surface area contributed by atoms with Gasteiger partial charge in [0.1, 0.15) is 0 Å². The molecular formula is C9H26. The summed E-state index contributed by atoms with van der Waals surface area (Å²) in [4.78, 5) is 0. The zero-order valence-corrected chi connectivity index (χ0v) is 6.12. The number of rotatable bonds is 1. The Morgan fingerprint density at radius 2 is 0.778 bits per heavy atom. The molecule has 0 aliphatic carbocycles. The van der Waals surface area contributed by atoms with E-state index in [9.17, 15) is 0 Å². The lowest BCUT2D eigenvalue weighted by Gasteiger charge is -1.68. The summed E-state index contributed by atoms with van der Waals surface area (Å²) in [6.07, 6.45) is 3.89. The Hall–Kier alpha value is 0. The predicted octanol–water partition coefficient (Wildman–Crippen LogP) is 4.49. The maximum atomic E-state index is 2.18. The van der Waals surface area contributed by atoms with Crippen molar-refractivity contribution in [3.8, 4) is 0 Å². The van der Waals surface area contributed by atoms with Gasteiger partial charge in [-0.2, -0.15) is 0 Å². The number of hydrogen-bond acceptors (Lipinski definition) is 0. The first-order valence-electron chi connectivity index (χ1n) is 3.33. The smallest absolute Gasteiger partial charge is 0.0564 e. The highest BCUT2D eigenvalue weighted by atomic mass is 13.6. The summed E-state index contributed by atoms with van der Waals surface area (Å²) < 4.78 is 0. The van der Waals surface area contributed by atoms with E-state index in [0.717, 1.165) is 0 Å². The molecule has 0 atom stereocenters. The van der Waals surface area contributed by atoms with Crippen molar-refractivity contribution in [1.82, 2.24) is 0 Å². The summed E-state index contributed by atoms with van der Waals surface area (Å²) in [7, 11) is 0. The molecule has 0 heterocycles. The van der Waals surface area contributed by atoms with Crippen molar-refractivity contribution >= 4 is 0 Å². The fourth-order valence-corrected chi connectivity index (χ4v) is 0. The van der Waals surface area contributed by atoms with Crippen LogP contribution in [0.3, 0.4) is 0 Å². The second-order valence-electron chi connectivity index (χ2n) is 1.71. The van der Waals surface area contributed by atoms with Gasteiger partial charge in [0.25, 0.3) is 0 Å². The van der Waals surface area contributed by atoms with Crippen molar-refractivity contribution in [2.45, 2.75) is 61.8 Å². The summed E-state index contributed by atoms with van der Waals surface area (Å²) in [6.45, 7) is 8.61. The second-order valence-corrected chi connectivity index (χ2v) is 1.71. The number of unbranched alkanes of at least 4 members (excludes halogenated alkanes) is 1. The summed E-state index contributed by atoms with van der Waals surface area (Å²) in [6, 6.07) is 0. The maximum Gasteiger partial charge on any atom is -0.0564 e. The van der Waals surface area contributed by atoms with Crippen LogP contribution in [0.4, 0.5) is 0 Å². The highest BCUT2D eigenvalue weighted by Gasteiger charge is 1.56. The molecule has 0 spiro atoms. The lowest BCUT2D eigenvalue weighted by atomic mass is 10.4. The Labute approximate surface area is 62.7 Å². The minimum absolute atomic E-state index is 0. The van der Waals surface area contributed by atoms with Gasteiger partial charge >= 0.3 is 0 Å². The van der Waals surface area contributed by atoms with Gasteiger partial charge in [0.2, 0.25) is 0 Å². The Morgan fingerprint density at radius 1 is 0.667 bits per heavy atom. The van der Waals surface area contributed by atoms with E-state index in [-0.39, 0.29) is 14.9 Å². The zero-order valence-electron chi connectivity index (χ0n) is 6.12. The molecule has 0 radical (unpaired) electrons. The van der Waals surface area contributed by atoms with Crippen molar-refractivity contribution in [1.29, 1.82) is 0 Å². The van der Waals surface area contributed by atoms with Crippen molar-refractivity contribution in [3.05, 3.63) is 0 Å². The lowest BCUT2D eigenvalue weighted by molar-refractivity contribution is 0.886. The maximum absolute atomic E-state index is 2.18. The number of hydrogen-bond donors (Lipinski definition) is 0. The molecular weight excluding hydrogens is 108 g/mol. The molecule has 0 aromatic rings.